The minimum absolute atomic E-state index is 0.109. The van der Waals surface area contributed by atoms with Gasteiger partial charge in [0, 0.05) is 6.20 Å². The zero-order chi connectivity index (χ0) is 19.3. The lowest BCUT2D eigenvalue weighted by Crippen LogP contribution is -2.01. The fourth-order valence-electron chi connectivity index (χ4n) is 2.03. The van der Waals surface area contributed by atoms with E-state index in [2.05, 4.69) is 11.6 Å². The highest BCUT2D eigenvalue weighted by Gasteiger charge is 2.19. The first-order valence-electron chi connectivity index (χ1n) is 7.24. The molecule has 0 amide bonds. The predicted octanol–water partition coefficient (Wildman–Crippen LogP) is 5.25. The normalized spacial score (nSPS) is 12.2. The van der Waals surface area contributed by atoms with Crippen LogP contribution in [0.2, 0.25) is 5.02 Å². The summed E-state index contributed by atoms with van der Waals surface area (Å²) < 4.78 is 38.2. The predicted molar refractivity (Wildman–Crippen MR) is 99.2 cm³/mol. The number of nitrogens with zero attached hydrogens (tertiary/aromatic N) is 2. The van der Waals surface area contributed by atoms with Gasteiger partial charge in [0.2, 0.25) is 0 Å². The zero-order valence-electron chi connectivity index (χ0n) is 13.7. The Kier molecular flexibility index (Phi) is 6.68. The van der Waals surface area contributed by atoms with E-state index in [4.69, 9.17) is 21.1 Å². The lowest BCUT2D eigenvalue weighted by atomic mass is 10.0. The van der Waals surface area contributed by atoms with Crippen LogP contribution in [0.25, 0.3) is 5.76 Å². The van der Waals surface area contributed by atoms with Crippen LogP contribution in [0.1, 0.15) is 11.1 Å². The number of aromatic nitrogens is 1. The largest absolute Gasteiger partial charge is 0.496 e. The Bertz CT molecular complexity index is 911. The molecule has 0 bridgehead atoms. The SMILES string of the molecule is C=C(/C=C(\OC)c1c(C#N)cccc1Oc1ncc(Cl)cc1F)C(F)P. The maximum absolute atomic E-state index is 14.0. The number of rotatable bonds is 6. The van der Waals surface area contributed by atoms with Gasteiger partial charge in [0.05, 0.1) is 23.3 Å². The zero-order valence-corrected chi connectivity index (χ0v) is 15.6. The van der Waals surface area contributed by atoms with Gasteiger partial charge in [-0.1, -0.05) is 33.5 Å². The monoisotopic (exact) mass is 394 g/mol. The molecule has 0 spiro atoms. The van der Waals surface area contributed by atoms with E-state index in [0.29, 0.717) is 0 Å². The van der Waals surface area contributed by atoms with Crippen LogP contribution in [0.4, 0.5) is 8.78 Å². The van der Waals surface area contributed by atoms with E-state index < -0.39 is 11.7 Å². The summed E-state index contributed by atoms with van der Waals surface area (Å²) in [4.78, 5) is 3.79. The average Bonchev–Trinajstić information content (AvgIpc) is 2.61. The van der Waals surface area contributed by atoms with E-state index in [9.17, 15) is 14.0 Å². The molecule has 0 N–H and O–H groups in total. The molecule has 1 aromatic carbocycles. The van der Waals surface area contributed by atoms with E-state index in [0.717, 1.165) is 6.07 Å². The van der Waals surface area contributed by atoms with Crippen molar-refractivity contribution >= 4 is 26.6 Å². The summed E-state index contributed by atoms with van der Waals surface area (Å²) in [5.74, 6) is -2.24. The Morgan fingerprint density at radius 1 is 1.50 bits per heavy atom. The number of nitriles is 1. The molecule has 0 fully saturated rings. The average molecular weight is 395 g/mol. The molecule has 4 nitrogen and oxygen atoms in total. The molecule has 0 aliphatic heterocycles. The molecule has 1 aromatic heterocycles. The van der Waals surface area contributed by atoms with Crippen molar-refractivity contribution in [1.82, 2.24) is 4.98 Å². The molecule has 1 heterocycles. The van der Waals surface area contributed by atoms with Gasteiger partial charge in [0.1, 0.15) is 23.5 Å². The van der Waals surface area contributed by atoms with Crippen molar-refractivity contribution < 1.29 is 18.3 Å². The smallest absolute Gasteiger partial charge is 0.255 e. The van der Waals surface area contributed by atoms with Gasteiger partial charge in [-0.3, -0.25) is 0 Å². The van der Waals surface area contributed by atoms with Crippen LogP contribution in [0.5, 0.6) is 11.6 Å². The third-order valence-electron chi connectivity index (χ3n) is 3.26. The third kappa shape index (κ3) is 4.57. The summed E-state index contributed by atoms with van der Waals surface area (Å²) in [5, 5.41) is 9.51. The van der Waals surface area contributed by atoms with Crippen LogP contribution in [-0.4, -0.2) is 18.0 Å². The number of ether oxygens (including phenoxy) is 2. The van der Waals surface area contributed by atoms with Crippen molar-refractivity contribution in [2.45, 2.75) is 5.91 Å². The molecule has 2 unspecified atom stereocenters. The first-order valence-corrected chi connectivity index (χ1v) is 8.28. The highest BCUT2D eigenvalue weighted by Crippen LogP contribution is 2.35. The van der Waals surface area contributed by atoms with Crippen molar-refractivity contribution in [3.8, 4) is 17.7 Å². The highest BCUT2D eigenvalue weighted by molar-refractivity contribution is 7.17. The second kappa shape index (κ2) is 8.75. The van der Waals surface area contributed by atoms with Gasteiger partial charge in [0.15, 0.2) is 5.82 Å². The molecule has 2 rings (SSSR count). The second-order valence-corrected chi connectivity index (χ2v) is 6.04. The Hall–Kier alpha value is -2.48. The molecule has 0 aliphatic carbocycles. The van der Waals surface area contributed by atoms with Crippen molar-refractivity contribution in [3.63, 3.8) is 0 Å². The standard InChI is InChI=1S/C18H14ClF2N2O2P/c1-10(17(21)26)6-15(24-2)16-11(8-22)4-3-5-14(16)25-18-13(20)7-12(19)9-23-18/h3-7,9,17H,1,26H2,2H3/b15-6-. The van der Waals surface area contributed by atoms with Gasteiger partial charge in [-0.25, -0.2) is 13.8 Å². The number of hydrogen-bond acceptors (Lipinski definition) is 4. The summed E-state index contributed by atoms with van der Waals surface area (Å²) in [7, 11) is 3.32. The first kappa shape index (κ1) is 19.8. The molecule has 8 heteroatoms. The molecule has 0 radical (unpaired) electrons. The number of halogens is 3. The molecule has 134 valence electrons. The highest BCUT2D eigenvalue weighted by atomic mass is 35.5. The van der Waals surface area contributed by atoms with Gasteiger partial charge in [0.25, 0.3) is 5.88 Å². The maximum Gasteiger partial charge on any atom is 0.255 e. The molecule has 26 heavy (non-hydrogen) atoms. The summed E-state index contributed by atoms with van der Waals surface area (Å²) in [6.07, 6.45) is 2.57. The Balaban J connectivity index is 2.58. The minimum atomic E-state index is -1.39. The quantitative estimate of drug-likeness (QED) is 0.381. The lowest BCUT2D eigenvalue weighted by molar-refractivity contribution is 0.363. The van der Waals surface area contributed by atoms with Crippen LogP contribution in [0, 0.1) is 17.1 Å². The maximum atomic E-state index is 14.0. The number of methoxy groups -OCH3 is 1. The summed E-state index contributed by atoms with van der Waals surface area (Å²) >= 11 is 5.68. The Morgan fingerprint density at radius 3 is 2.81 bits per heavy atom. The lowest BCUT2D eigenvalue weighted by Gasteiger charge is -2.15. The molecule has 2 atom stereocenters. The van der Waals surface area contributed by atoms with Gasteiger partial charge in [-0.15, -0.1) is 0 Å². The first-order chi connectivity index (χ1) is 12.4. The van der Waals surface area contributed by atoms with Crippen LogP contribution in [0.15, 0.2) is 48.7 Å². The van der Waals surface area contributed by atoms with Gasteiger partial charge in [-0.05, 0) is 29.8 Å². The van der Waals surface area contributed by atoms with E-state index in [-0.39, 0.29) is 39.1 Å². The fourth-order valence-corrected chi connectivity index (χ4v) is 2.27. The molecule has 0 saturated heterocycles. The minimum Gasteiger partial charge on any atom is -0.496 e. The Labute approximate surface area is 156 Å². The van der Waals surface area contributed by atoms with E-state index >= 15 is 0 Å². The van der Waals surface area contributed by atoms with Crippen LogP contribution < -0.4 is 4.74 Å². The molecule has 0 saturated carbocycles. The van der Waals surface area contributed by atoms with Crippen LogP contribution in [0.3, 0.4) is 0 Å². The summed E-state index contributed by atoms with van der Waals surface area (Å²) in [5.41, 5.74) is 0.527. The number of benzene rings is 1. The topological polar surface area (TPSA) is 55.1 Å². The number of hydrogen-bond donors (Lipinski definition) is 0. The molecular weight excluding hydrogens is 381 g/mol. The summed E-state index contributed by atoms with van der Waals surface area (Å²) in [6.45, 7) is 3.60. The van der Waals surface area contributed by atoms with E-state index in [1.165, 1.54) is 31.5 Å². The number of alkyl halides is 1. The van der Waals surface area contributed by atoms with Crippen molar-refractivity contribution in [2.75, 3.05) is 7.11 Å². The van der Waals surface area contributed by atoms with Gasteiger partial charge < -0.3 is 9.47 Å². The van der Waals surface area contributed by atoms with Crippen molar-refractivity contribution in [3.05, 3.63) is 70.7 Å². The van der Waals surface area contributed by atoms with Crippen LogP contribution in [-0.2, 0) is 4.74 Å². The van der Waals surface area contributed by atoms with Crippen LogP contribution >= 0.6 is 20.8 Å². The summed E-state index contributed by atoms with van der Waals surface area (Å²) in [6, 6.07) is 7.64. The second-order valence-electron chi connectivity index (χ2n) is 5.02. The van der Waals surface area contributed by atoms with Crippen molar-refractivity contribution in [2.24, 2.45) is 0 Å². The number of pyridine rings is 1. The number of allylic oxidation sites excluding steroid dienone is 2. The fraction of sp³-hybridized carbons (Fsp3) is 0.111. The molecule has 2 aromatic rings. The van der Waals surface area contributed by atoms with E-state index in [1.807, 2.05) is 15.3 Å². The Morgan fingerprint density at radius 2 is 2.23 bits per heavy atom. The van der Waals surface area contributed by atoms with Gasteiger partial charge >= 0.3 is 0 Å². The molecular formula is C18H14ClF2N2O2P. The third-order valence-corrected chi connectivity index (χ3v) is 3.90. The molecule has 0 aliphatic rings. The van der Waals surface area contributed by atoms with Gasteiger partial charge in [-0.2, -0.15) is 5.26 Å². The van der Waals surface area contributed by atoms with E-state index in [1.54, 1.807) is 6.07 Å². The van der Waals surface area contributed by atoms with Crippen molar-refractivity contribution in [1.29, 1.82) is 5.26 Å².